The van der Waals surface area contributed by atoms with Gasteiger partial charge in [0.15, 0.2) is 0 Å². The van der Waals surface area contributed by atoms with Crippen molar-refractivity contribution >= 4 is 17.5 Å². The molecule has 0 spiro atoms. The lowest BCUT2D eigenvalue weighted by Crippen LogP contribution is -2.08. The van der Waals surface area contributed by atoms with Gasteiger partial charge in [0.2, 0.25) is 5.95 Å². The lowest BCUT2D eigenvalue weighted by molar-refractivity contribution is 0.198. The number of nitrogens with one attached hydrogen (secondary N) is 2. The third-order valence-corrected chi connectivity index (χ3v) is 4.39. The molecule has 140 valence electrons. The number of aromatic nitrogens is 2. The van der Waals surface area contributed by atoms with Crippen LogP contribution in [0.1, 0.15) is 17.5 Å². The van der Waals surface area contributed by atoms with Crippen LogP contribution in [-0.4, -0.2) is 30.2 Å². The molecule has 0 radical (unpaired) electrons. The first-order valence-corrected chi connectivity index (χ1v) is 9.17. The van der Waals surface area contributed by atoms with E-state index in [0.717, 1.165) is 42.3 Å². The highest BCUT2D eigenvalue weighted by molar-refractivity contribution is 5.66. The molecule has 27 heavy (non-hydrogen) atoms. The summed E-state index contributed by atoms with van der Waals surface area (Å²) in [5.74, 6) is 1.38. The molecule has 0 atom stereocenters. The van der Waals surface area contributed by atoms with Crippen molar-refractivity contribution in [2.45, 2.75) is 20.3 Å². The van der Waals surface area contributed by atoms with Gasteiger partial charge in [-0.3, -0.25) is 0 Å². The fraction of sp³-hybridized carbons (Fsp3) is 0.273. The Bertz CT molecular complexity index is 881. The summed E-state index contributed by atoms with van der Waals surface area (Å²) in [6.07, 6.45) is 0.918. The van der Waals surface area contributed by atoms with Crippen LogP contribution in [0, 0.1) is 13.8 Å². The maximum Gasteiger partial charge on any atom is 0.229 e. The van der Waals surface area contributed by atoms with Gasteiger partial charge in [0, 0.05) is 37.6 Å². The Balaban J connectivity index is 1.87. The maximum absolute atomic E-state index is 5.11. The number of ether oxygens (including phenoxy) is 1. The van der Waals surface area contributed by atoms with Crippen LogP contribution in [0.15, 0.2) is 54.6 Å². The van der Waals surface area contributed by atoms with Gasteiger partial charge in [0.25, 0.3) is 0 Å². The summed E-state index contributed by atoms with van der Waals surface area (Å²) in [5, 5.41) is 6.70. The van der Waals surface area contributed by atoms with Crippen LogP contribution in [0.3, 0.4) is 0 Å². The fourth-order valence-corrected chi connectivity index (χ4v) is 2.73. The van der Waals surface area contributed by atoms with E-state index in [-0.39, 0.29) is 0 Å². The van der Waals surface area contributed by atoms with Crippen molar-refractivity contribution in [1.29, 1.82) is 0 Å². The minimum absolute atomic E-state index is 0.578. The molecule has 2 N–H and O–H groups in total. The summed E-state index contributed by atoms with van der Waals surface area (Å²) in [5.41, 5.74) is 5.42. The lowest BCUT2D eigenvalue weighted by Gasteiger charge is -2.12. The zero-order chi connectivity index (χ0) is 19.1. The van der Waals surface area contributed by atoms with Crippen molar-refractivity contribution in [3.8, 4) is 11.3 Å². The Morgan fingerprint density at radius 2 is 1.74 bits per heavy atom. The zero-order valence-electron chi connectivity index (χ0n) is 16.1. The molecule has 0 unspecified atom stereocenters. The maximum atomic E-state index is 5.11. The first kappa shape index (κ1) is 18.9. The van der Waals surface area contributed by atoms with Crippen molar-refractivity contribution in [2.24, 2.45) is 0 Å². The van der Waals surface area contributed by atoms with Gasteiger partial charge in [0.05, 0.1) is 5.69 Å². The minimum Gasteiger partial charge on any atom is -0.385 e. The number of rotatable bonds is 8. The van der Waals surface area contributed by atoms with Crippen molar-refractivity contribution in [2.75, 3.05) is 30.9 Å². The van der Waals surface area contributed by atoms with Gasteiger partial charge in [-0.1, -0.05) is 36.4 Å². The third-order valence-electron chi connectivity index (χ3n) is 4.39. The van der Waals surface area contributed by atoms with Gasteiger partial charge in [-0.05, 0) is 43.5 Å². The van der Waals surface area contributed by atoms with Gasteiger partial charge in [-0.2, -0.15) is 4.98 Å². The summed E-state index contributed by atoms with van der Waals surface area (Å²) in [6.45, 7) is 5.72. The van der Waals surface area contributed by atoms with Crippen molar-refractivity contribution in [1.82, 2.24) is 9.97 Å². The molecule has 5 nitrogen and oxygen atoms in total. The molecule has 3 rings (SSSR count). The Morgan fingerprint density at radius 1 is 0.926 bits per heavy atom. The topological polar surface area (TPSA) is 59.1 Å². The monoisotopic (exact) mass is 362 g/mol. The molecule has 0 aliphatic rings. The van der Waals surface area contributed by atoms with Crippen molar-refractivity contribution < 1.29 is 4.74 Å². The number of benzene rings is 2. The standard InChI is InChI=1S/C22H26N4O/c1-16-10-11-19(14-17(16)2)24-22-25-20(18-8-5-4-6-9-18)15-21(26-22)23-12-7-13-27-3/h4-6,8-11,14-15H,7,12-13H2,1-3H3,(H2,23,24,25,26). The third kappa shape index (κ3) is 5.28. The number of aryl methyl sites for hydroxylation is 2. The molecule has 1 aromatic heterocycles. The average Bonchev–Trinajstić information content (AvgIpc) is 2.69. The van der Waals surface area contributed by atoms with Gasteiger partial charge in [-0.25, -0.2) is 4.98 Å². The number of methoxy groups -OCH3 is 1. The quantitative estimate of drug-likeness (QED) is 0.555. The van der Waals surface area contributed by atoms with E-state index in [2.05, 4.69) is 53.7 Å². The summed E-state index contributed by atoms with van der Waals surface area (Å²) in [7, 11) is 1.71. The number of nitrogens with zero attached hydrogens (tertiary/aromatic N) is 2. The van der Waals surface area contributed by atoms with E-state index < -0.39 is 0 Å². The van der Waals surface area contributed by atoms with Crippen LogP contribution in [0.25, 0.3) is 11.3 Å². The van der Waals surface area contributed by atoms with E-state index in [4.69, 9.17) is 9.72 Å². The first-order chi connectivity index (χ1) is 13.2. The van der Waals surface area contributed by atoms with Crippen LogP contribution >= 0.6 is 0 Å². The summed E-state index contributed by atoms with van der Waals surface area (Å²) < 4.78 is 5.11. The molecule has 1 heterocycles. The van der Waals surface area contributed by atoms with Gasteiger partial charge >= 0.3 is 0 Å². The van der Waals surface area contributed by atoms with Crippen molar-refractivity contribution in [3.63, 3.8) is 0 Å². The normalized spacial score (nSPS) is 10.6. The second kappa shape index (κ2) is 9.14. The Labute approximate surface area is 160 Å². The lowest BCUT2D eigenvalue weighted by atomic mass is 10.1. The highest BCUT2D eigenvalue weighted by Crippen LogP contribution is 2.24. The predicted octanol–water partition coefficient (Wildman–Crippen LogP) is 4.95. The van der Waals surface area contributed by atoms with Crippen LogP contribution in [-0.2, 0) is 4.74 Å². The van der Waals surface area contributed by atoms with E-state index in [1.165, 1.54) is 11.1 Å². The molecule has 0 aliphatic heterocycles. The molecule has 2 aromatic carbocycles. The predicted molar refractivity (Wildman–Crippen MR) is 112 cm³/mol. The first-order valence-electron chi connectivity index (χ1n) is 9.17. The van der Waals surface area contributed by atoms with E-state index in [0.29, 0.717) is 5.95 Å². The number of hydrogen-bond donors (Lipinski definition) is 2. The molecule has 0 bridgehead atoms. The Kier molecular flexibility index (Phi) is 6.39. The van der Waals surface area contributed by atoms with Gasteiger partial charge in [-0.15, -0.1) is 0 Å². The Morgan fingerprint density at radius 3 is 2.48 bits per heavy atom. The summed E-state index contributed by atoms with van der Waals surface area (Å²) >= 11 is 0. The van der Waals surface area contributed by atoms with Crippen molar-refractivity contribution in [3.05, 3.63) is 65.7 Å². The molecular weight excluding hydrogens is 336 g/mol. The van der Waals surface area contributed by atoms with Gasteiger partial charge in [0.1, 0.15) is 5.82 Å². The zero-order valence-corrected chi connectivity index (χ0v) is 16.1. The van der Waals surface area contributed by atoms with E-state index >= 15 is 0 Å². The molecule has 0 saturated heterocycles. The minimum atomic E-state index is 0.578. The molecule has 0 fully saturated rings. The van der Waals surface area contributed by atoms with Crippen LogP contribution in [0.4, 0.5) is 17.5 Å². The molecular formula is C22H26N4O. The van der Waals surface area contributed by atoms with Gasteiger partial charge < -0.3 is 15.4 Å². The second-order valence-corrected chi connectivity index (χ2v) is 6.53. The SMILES string of the molecule is COCCCNc1cc(-c2ccccc2)nc(Nc2ccc(C)c(C)c2)n1. The molecule has 0 saturated carbocycles. The molecule has 0 aliphatic carbocycles. The van der Waals surface area contributed by atoms with Crippen LogP contribution in [0.2, 0.25) is 0 Å². The number of hydrogen-bond acceptors (Lipinski definition) is 5. The smallest absolute Gasteiger partial charge is 0.229 e. The molecule has 3 aromatic rings. The number of anilines is 3. The Hall–Kier alpha value is -2.92. The molecule has 5 heteroatoms. The molecule has 0 amide bonds. The highest BCUT2D eigenvalue weighted by Gasteiger charge is 2.08. The summed E-state index contributed by atoms with van der Waals surface area (Å²) in [4.78, 5) is 9.34. The second-order valence-electron chi connectivity index (χ2n) is 6.53. The average molecular weight is 362 g/mol. The van der Waals surface area contributed by atoms with E-state index in [1.807, 2.05) is 30.3 Å². The summed E-state index contributed by atoms with van der Waals surface area (Å²) in [6, 6.07) is 18.4. The largest absolute Gasteiger partial charge is 0.385 e. The van der Waals surface area contributed by atoms with Crippen LogP contribution in [0.5, 0.6) is 0 Å². The van der Waals surface area contributed by atoms with Crippen LogP contribution < -0.4 is 10.6 Å². The van der Waals surface area contributed by atoms with E-state index in [9.17, 15) is 0 Å². The van der Waals surface area contributed by atoms with E-state index in [1.54, 1.807) is 7.11 Å². The fourth-order valence-electron chi connectivity index (χ4n) is 2.73. The highest BCUT2D eigenvalue weighted by atomic mass is 16.5.